The molecule has 2 N–H and O–H groups in total. The van der Waals surface area contributed by atoms with Crippen molar-refractivity contribution in [3.63, 3.8) is 0 Å². The maximum Gasteiger partial charge on any atom is 0.322 e. The summed E-state index contributed by atoms with van der Waals surface area (Å²) in [4.78, 5) is 10.8. The minimum absolute atomic E-state index is 0. The number of hydrogen-bond donors (Lipinski definition) is 1. The quantitative estimate of drug-likeness (QED) is 0.789. The van der Waals surface area contributed by atoms with Crippen LogP contribution in [0.3, 0.4) is 0 Å². The van der Waals surface area contributed by atoms with Gasteiger partial charge in [-0.3, -0.25) is 4.79 Å². The number of halogens is 3. The Morgan fingerprint density at radius 3 is 2.20 bits per heavy atom. The SMILES string of the molecule is Br.COC(=O)[C@@H](N)CC(F)(F)CC(C)C. The van der Waals surface area contributed by atoms with Gasteiger partial charge in [0.1, 0.15) is 6.04 Å². The van der Waals surface area contributed by atoms with Crippen molar-refractivity contribution in [3.05, 3.63) is 0 Å². The Morgan fingerprint density at radius 1 is 1.40 bits per heavy atom. The number of ether oxygens (including phenoxy) is 1. The molecule has 0 unspecified atom stereocenters. The zero-order chi connectivity index (χ0) is 11.4. The lowest BCUT2D eigenvalue weighted by Gasteiger charge is -2.20. The molecule has 0 saturated heterocycles. The highest BCUT2D eigenvalue weighted by Gasteiger charge is 2.34. The van der Waals surface area contributed by atoms with Crippen molar-refractivity contribution in [1.29, 1.82) is 0 Å². The van der Waals surface area contributed by atoms with E-state index in [0.29, 0.717) is 0 Å². The van der Waals surface area contributed by atoms with E-state index in [-0.39, 0.29) is 29.3 Å². The van der Waals surface area contributed by atoms with Gasteiger partial charge in [0.2, 0.25) is 0 Å². The molecule has 1 atom stereocenters. The average molecular weight is 290 g/mol. The van der Waals surface area contributed by atoms with E-state index in [0.717, 1.165) is 7.11 Å². The molecule has 15 heavy (non-hydrogen) atoms. The molecule has 0 bridgehead atoms. The van der Waals surface area contributed by atoms with Gasteiger partial charge in [-0.25, -0.2) is 8.78 Å². The number of carbonyl (C=O) groups is 1. The highest BCUT2D eigenvalue weighted by Crippen LogP contribution is 2.28. The van der Waals surface area contributed by atoms with E-state index in [1.54, 1.807) is 13.8 Å². The third-order valence-corrected chi connectivity index (χ3v) is 1.73. The van der Waals surface area contributed by atoms with Gasteiger partial charge in [-0.2, -0.15) is 0 Å². The Kier molecular flexibility index (Phi) is 8.14. The summed E-state index contributed by atoms with van der Waals surface area (Å²) in [6.45, 7) is 3.38. The summed E-state index contributed by atoms with van der Waals surface area (Å²) >= 11 is 0. The molecule has 0 amide bonds. The lowest BCUT2D eigenvalue weighted by molar-refractivity contribution is -0.145. The first-order chi connectivity index (χ1) is 6.28. The van der Waals surface area contributed by atoms with Crippen LogP contribution in [-0.4, -0.2) is 25.0 Å². The van der Waals surface area contributed by atoms with Crippen LogP contribution in [0.2, 0.25) is 0 Å². The summed E-state index contributed by atoms with van der Waals surface area (Å²) in [5.41, 5.74) is 5.24. The molecule has 0 heterocycles. The lowest BCUT2D eigenvalue weighted by Crippen LogP contribution is -2.38. The fourth-order valence-electron chi connectivity index (χ4n) is 1.24. The standard InChI is InChI=1S/C9H17F2NO2.BrH/c1-6(2)4-9(10,11)5-7(12)8(13)14-3;/h6-7H,4-5,12H2,1-3H3;1H/t7-;/m0./s1. The third kappa shape index (κ3) is 7.67. The Bertz CT molecular complexity index is 201. The van der Waals surface area contributed by atoms with Gasteiger partial charge < -0.3 is 10.5 Å². The number of carbonyl (C=O) groups excluding carboxylic acids is 1. The summed E-state index contributed by atoms with van der Waals surface area (Å²) in [6, 6.07) is -1.24. The maximum absolute atomic E-state index is 13.1. The minimum atomic E-state index is -2.90. The molecule has 0 aliphatic heterocycles. The van der Waals surface area contributed by atoms with Crippen LogP contribution in [0.25, 0.3) is 0 Å². The molecule has 0 aromatic rings. The number of alkyl halides is 2. The van der Waals surface area contributed by atoms with Crippen LogP contribution in [0.1, 0.15) is 26.7 Å². The van der Waals surface area contributed by atoms with Gasteiger partial charge in [-0.1, -0.05) is 13.8 Å². The molecular formula is C9H18BrF2NO2. The molecule has 0 fully saturated rings. The Hall–Kier alpha value is -0.230. The van der Waals surface area contributed by atoms with Gasteiger partial charge in [-0.05, 0) is 5.92 Å². The number of hydrogen-bond acceptors (Lipinski definition) is 3. The van der Waals surface area contributed by atoms with E-state index in [2.05, 4.69) is 4.74 Å². The lowest BCUT2D eigenvalue weighted by atomic mass is 9.99. The first kappa shape index (κ1) is 17.2. The van der Waals surface area contributed by atoms with Crippen LogP contribution >= 0.6 is 17.0 Å². The molecule has 6 heteroatoms. The maximum atomic E-state index is 13.1. The van der Waals surface area contributed by atoms with Gasteiger partial charge >= 0.3 is 5.97 Å². The van der Waals surface area contributed by atoms with Crippen LogP contribution in [0.4, 0.5) is 8.78 Å². The molecule has 92 valence electrons. The predicted molar refractivity (Wildman–Crippen MR) is 59.3 cm³/mol. The van der Waals surface area contributed by atoms with Crippen molar-refractivity contribution in [2.45, 2.75) is 38.7 Å². The van der Waals surface area contributed by atoms with E-state index in [4.69, 9.17) is 5.73 Å². The van der Waals surface area contributed by atoms with E-state index >= 15 is 0 Å². The summed E-state index contributed by atoms with van der Waals surface area (Å²) in [7, 11) is 1.13. The molecular weight excluding hydrogens is 272 g/mol. The summed E-state index contributed by atoms with van der Waals surface area (Å²) in [5, 5.41) is 0. The smallest absolute Gasteiger partial charge is 0.322 e. The highest BCUT2D eigenvalue weighted by molar-refractivity contribution is 8.93. The largest absolute Gasteiger partial charge is 0.468 e. The van der Waals surface area contributed by atoms with Gasteiger partial charge in [0.25, 0.3) is 5.92 Å². The minimum Gasteiger partial charge on any atom is -0.468 e. The van der Waals surface area contributed by atoms with E-state index in [9.17, 15) is 13.6 Å². The highest BCUT2D eigenvalue weighted by atomic mass is 79.9. The van der Waals surface area contributed by atoms with Gasteiger partial charge in [0.15, 0.2) is 0 Å². The van der Waals surface area contributed by atoms with Crippen LogP contribution in [0.5, 0.6) is 0 Å². The summed E-state index contributed by atoms with van der Waals surface area (Å²) in [6.07, 6.45) is -0.921. The van der Waals surface area contributed by atoms with Crippen LogP contribution in [-0.2, 0) is 9.53 Å². The average Bonchev–Trinajstić information content (AvgIpc) is 1.99. The van der Waals surface area contributed by atoms with Crippen molar-refractivity contribution < 1.29 is 18.3 Å². The molecule has 0 aliphatic rings. The number of methoxy groups -OCH3 is 1. The first-order valence-electron chi connectivity index (χ1n) is 4.49. The van der Waals surface area contributed by atoms with E-state index < -0.39 is 24.4 Å². The molecule has 3 nitrogen and oxygen atoms in total. The van der Waals surface area contributed by atoms with Crippen molar-refractivity contribution in [3.8, 4) is 0 Å². The molecule has 0 rings (SSSR count). The van der Waals surface area contributed by atoms with Gasteiger partial charge in [0.05, 0.1) is 7.11 Å². The molecule has 0 radical (unpaired) electrons. The van der Waals surface area contributed by atoms with Crippen molar-refractivity contribution in [1.82, 2.24) is 0 Å². The van der Waals surface area contributed by atoms with Crippen LogP contribution in [0, 0.1) is 5.92 Å². The summed E-state index contributed by atoms with van der Waals surface area (Å²) < 4.78 is 30.5. The fraction of sp³-hybridized carbons (Fsp3) is 0.889. The number of nitrogens with two attached hydrogens (primary N) is 1. The third-order valence-electron chi connectivity index (χ3n) is 1.73. The second-order valence-electron chi connectivity index (χ2n) is 3.79. The second-order valence-corrected chi connectivity index (χ2v) is 3.79. The summed E-state index contributed by atoms with van der Waals surface area (Å²) in [5.74, 6) is -3.83. The zero-order valence-corrected chi connectivity index (χ0v) is 10.8. The number of rotatable bonds is 5. The van der Waals surface area contributed by atoms with E-state index in [1.807, 2.05) is 0 Å². The molecule has 0 aromatic carbocycles. The Labute approximate surface area is 99.1 Å². The van der Waals surface area contributed by atoms with Gasteiger partial charge in [0, 0.05) is 12.8 Å². The Balaban J connectivity index is 0. The predicted octanol–water partition coefficient (Wildman–Crippen LogP) is 2.14. The van der Waals surface area contributed by atoms with E-state index in [1.165, 1.54) is 0 Å². The van der Waals surface area contributed by atoms with Crippen molar-refractivity contribution >= 4 is 23.0 Å². The zero-order valence-electron chi connectivity index (χ0n) is 9.13. The first-order valence-corrected chi connectivity index (χ1v) is 4.49. The second kappa shape index (κ2) is 7.11. The van der Waals surface area contributed by atoms with Crippen LogP contribution in [0.15, 0.2) is 0 Å². The normalized spacial score (nSPS) is 13.3. The molecule has 0 aromatic heterocycles. The Morgan fingerprint density at radius 2 is 1.87 bits per heavy atom. The van der Waals surface area contributed by atoms with Crippen molar-refractivity contribution in [2.75, 3.05) is 7.11 Å². The monoisotopic (exact) mass is 289 g/mol. The molecule has 0 aliphatic carbocycles. The topological polar surface area (TPSA) is 52.3 Å². The van der Waals surface area contributed by atoms with Crippen LogP contribution < -0.4 is 5.73 Å². The molecule has 0 saturated carbocycles. The fourth-order valence-corrected chi connectivity index (χ4v) is 1.24. The van der Waals surface area contributed by atoms with Gasteiger partial charge in [-0.15, -0.1) is 17.0 Å². The van der Waals surface area contributed by atoms with Crippen molar-refractivity contribution in [2.24, 2.45) is 11.7 Å². The molecule has 0 spiro atoms. The number of esters is 1.